The lowest BCUT2D eigenvalue weighted by Gasteiger charge is -2.11. The molecule has 100 valence electrons. The van der Waals surface area contributed by atoms with Crippen LogP contribution in [0.1, 0.15) is 16.7 Å². The minimum Gasteiger partial charge on any atom is -0.507 e. The van der Waals surface area contributed by atoms with Crippen LogP contribution in [0.4, 0.5) is 0 Å². The minimum atomic E-state index is 0.406. The maximum Gasteiger partial charge on any atom is 0.122 e. The first-order chi connectivity index (χ1) is 9.65. The summed E-state index contributed by atoms with van der Waals surface area (Å²) < 4.78 is 1.06. The van der Waals surface area contributed by atoms with Crippen LogP contribution in [0, 0.1) is 6.92 Å². The van der Waals surface area contributed by atoms with Gasteiger partial charge in [0.25, 0.3) is 0 Å². The summed E-state index contributed by atoms with van der Waals surface area (Å²) in [4.78, 5) is 0. The predicted octanol–water partition coefficient (Wildman–Crippen LogP) is 5.21. The van der Waals surface area contributed by atoms with Gasteiger partial charge in [0.2, 0.25) is 0 Å². The Balaban J connectivity index is 2.13. The van der Waals surface area contributed by atoms with Gasteiger partial charge in [-0.15, -0.1) is 0 Å². The molecule has 0 bridgehead atoms. The molecule has 0 aromatic heterocycles. The maximum absolute atomic E-state index is 10.4. The molecule has 0 aliphatic heterocycles. The average molecular weight is 327 g/mol. The third kappa shape index (κ3) is 2.44. The second kappa shape index (κ2) is 5.29. The molecule has 0 heterocycles. The molecule has 0 spiro atoms. The van der Waals surface area contributed by atoms with Gasteiger partial charge in [0.05, 0.1) is 0 Å². The van der Waals surface area contributed by atoms with Crippen molar-refractivity contribution in [2.45, 2.75) is 13.3 Å². The predicted molar refractivity (Wildman–Crippen MR) is 87.3 cm³/mol. The summed E-state index contributed by atoms with van der Waals surface area (Å²) in [5, 5.41) is 12.7. The number of aromatic hydroxyl groups is 1. The normalized spacial score (nSPS) is 10.9. The molecule has 0 unspecified atom stereocenters. The van der Waals surface area contributed by atoms with E-state index < -0.39 is 0 Å². The monoisotopic (exact) mass is 326 g/mol. The van der Waals surface area contributed by atoms with Crippen molar-refractivity contribution >= 4 is 26.7 Å². The molecule has 0 aliphatic carbocycles. The molecular formula is C18H15BrO. The Labute approximate surface area is 127 Å². The van der Waals surface area contributed by atoms with E-state index in [2.05, 4.69) is 40.2 Å². The number of fused-ring (bicyclic) bond motifs is 1. The maximum atomic E-state index is 10.4. The van der Waals surface area contributed by atoms with Gasteiger partial charge in [-0.2, -0.15) is 0 Å². The van der Waals surface area contributed by atoms with Crippen LogP contribution >= 0.6 is 15.9 Å². The highest BCUT2D eigenvalue weighted by Crippen LogP contribution is 2.33. The van der Waals surface area contributed by atoms with Gasteiger partial charge in [-0.1, -0.05) is 52.3 Å². The number of benzene rings is 3. The van der Waals surface area contributed by atoms with Crippen LogP contribution in [-0.4, -0.2) is 5.11 Å². The number of halogens is 1. The van der Waals surface area contributed by atoms with E-state index in [1.54, 1.807) is 0 Å². The van der Waals surface area contributed by atoms with E-state index in [0.717, 1.165) is 32.8 Å². The van der Waals surface area contributed by atoms with Gasteiger partial charge in [0, 0.05) is 10.9 Å². The second-order valence-corrected chi connectivity index (χ2v) is 5.95. The Morgan fingerprint density at radius 2 is 1.75 bits per heavy atom. The molecule has 1 nitrogen and oxygen atoms in total. The van der Waals surface area contributed by atoms with E-state index in [9.17, 15) is 5.11 Å². The molecule has 20 heavy (non-hydrogen) atoms. The third-order valence-electron chi connectivity index (χ3n) is 3.64. The fourth-order valence-corrected chi connectivity index (χ4v) is 2.95. The van der Waals surface area contributed by atoms with Gasteiger partial charge >= 0.3 is 0 Å². The quantitative estimate of drug-likeness (QED) is 0.685. The summed E-state index contributed by atoms with van der Waals surface area (Å²) in [5.41, 5.74) is 3.12. The molecule has 0 amide bonds. The lowest BCUT2D eigenvalue weighted by atomic mass is 9.96. The SMILES string of the molecule is Cc1c(O)c(Cc2ccccc2)cc2cc(Br)ccc12. The van der Waals surface area contributed by atoms with Crippen molar-refractivity contribution in [1.82, 2.24) is 0 Å². The van der Waals surface area contributed by atoms with E-state index in [0.29, 0.717) is 5.75 Å². The van der Waals surface area contributed by atoms with Crippen LogP contribution in [-0.2, 0) is 6.42 Å². The van der Waals surface area contributed by atoms with Crippen molar-refractivity contribution in [2.24, 2.45) is 0 Å². The molecule has 0 radical (unpaired) electrons. The summed E-state index contributed by atoms with van der Waals surface area (Å²) in [5.74, 6) is 0.406. The Hall–Kier alpha value is -1.80. The van der Waals surface area contributed by atoms with Gasteiger partial charge in [0.1, 0.15) is 5.75 Å². The molecule has 0 fully saturated rings. The van der Waals surface area contributed by atoms with Gasteiger partial charge in [0.15, 0.2) is 0 Å². The zero-order valence-corrected chi connectivity index (χ0v) is 12.8. The average Bonchev–Trinajstić information content (AvgIpc) is 2.45. The lowest BCUT2D eigenvalue weighted by Crippen LogP contribution is -1.92. The van der Waals surface area contributed by atoms with Crippen molar-refractivity contribution in [3.05, 3.63) is 75.8 Å². The van der Waals surface area contributed by atoms with Crippen molar-refractivity contribution < 1.29 is 5.11 Å². The fourth-order valence-electron chi connectivity index (χ4n) is 2.57. The Morgan fingerprint density at radius 3 is 2.50 bits per heavy atom. The van der Waals surface area contributed by atoms with E-state index in [4.69, 9.17) is 0 Å². The Bertz CT molecular complexity index is 763. The smallest absolute Gasteiger partial charge is 0.122 e. The first-order valence-corrected chi connectivity index (χ1v) is 7.39. The van der Waals surface area contributed by atoms with Crippen LogP contribution in [0.15, 0.2) is 59.1 Å². The summed E-state index contributed by atoms with van der Waals surface area (Å²) in [7, 11) is 0. The van der Waals surface area contributed by atoms with E-state index in [-0.39, 0.29) is 0 Å². The molecule has 0 saturated heterocycles. The minimum absolute atomic E-state index is 0.406. The third-order valence-corrected chi connectivity index (χ3v) is 4.14. The number of aryl methyl sites for hydroxylation is 1. The first kappa shape index (κ1) is 13.2. The van der Waals surface area contributed by atoms with Crippen molar-refractivity contribution in [3.63, 3.8) is 0 Å². The standard InChI is InChI=1S/C18H15BrO/c1-12-17-8-7-16(19)11-14(17)10-15(18(12)20)9-13-5-3-2-4-6-13/h2-8,10-11,20H,9H2,1H3. The van der Waals surface area contributed by atoms with Gasteiger partial charge < -0.3 is 5.11 Å². The van der Waals surface area contributed by atoms with Crippen LogP contribution in [0.5, 0.6) is 5.75 Å². The zero-order chi connectivity index (χ0) is 14.1. The second-order valence-electron chi connectivity index (χ2n) is 5.04. The van der Waals surface area contributed by atoms with Crippen LogP contribution < -0.4 is 0 Å². The molecule has 3 aromatic carbocycles. The van der Waals surface area contributed by atoms with Crippen molar-refractivity contribution in [1.29, 1.82) is 0 Å². The van der Waals surface area contributed by atoms with Gasteiger partial charge in [-0.3, -0.25) is 0 Å². The first-order valence-electron chi connectivity index (χ1n) is 6.60. The van der Waals surface area contributed by atoms with Crippen LogP contribution in [0.3, 0.4) is 0 Å². The van der Waals surface area contributed by atoms with Gasteiger partial charge in [-0.05, 0) is 52.6 Å². The van der Waals surface area contributed by atoms with Crippen LogP contribution in [0.2, 0.25) is 0 Å². The van der Waals surface area contributed by atoms with E-state index in [1.165, 1.54) is 5.56 Å². The van der Waals surface area contributed by atoms with E-state index >= 15 is 0 Å². The van der Waals surface area contributed by atoms with Crippen molar-refractivity contribution in [3.8, 4) is 5.75 Å². The molecule has 3 rings (SSSR count). The summed E-state index contributed by atoms with van der Waals surface area (Å²) in [6.07, 6.45) is 0.746. The Kier molecular flexibility index (Phi) is 3.49. The largest absolute Gasteiger partial charge is 0.507 e. The van der Waals surface area contributed by atoms with Gasteiger partial charge in [-0.25, -0.2) is 0 Å². The highest BCUT2D eigenvalue weighted by molar-refractivity contribution is 9.10. The zero-order valence-electron chi connectivity index (χ0n) is 11.2. The van der Waals surface area contributed by atoms with E-state index in [1.807, 2.05) is 37.3 Å². The van der Waals surface area contributed by atoms with Crippen molar-refractivity contribution in [2.75, 3.05) is 0 Å². The molecule has 1 N–H and O–H groups in total. The Morgan fingerprint density at radius 1 is 1.00 bits per heavy atom. The number of phenolic OH excluding ortho intramolecular Hbond substituents is 1. The summed E-state index contributed by atoms with van der Waals surface area (Å²) in [6.45, 7) is 1.97. The number of hydrogen-bond donors (Lipinski definition) is 1. The molecule has 2 heteroatoms. The van der Waals surface area contributed by atoms with Crippen LogP contribution in [0.25, 0.3) is 10.8 Å². The summed E-state index contributed by atoms with van der Waals surface area (Å²) >= 11 is 3.50. The fraction of sp³-hybridized carbons (Fsp3) is 0.111. The molecule has 3 aromatic rings. The number of rotatable bonds is 2. The number of phenols is 1. The molecule has 0 saturated carbocycles. The molecular weight excluding hydrogens is 312 g/mol. The summed E-state index contributed by atoms with van der Waals surface area (Å²) in [6, 6.07) is 18.4. The highest BCUT2D eigenvalue weighted by Gasteiger charge is 2.10. The highest BCUT2D eigenvalue weighted by atomic mass is 79.9. The lowest BCUT2D eigenvalue weighted by molar-refractivity contribution is 0.466. The molecule has 0 aliphatic rings. The molecule has 0 atom stereocenters. The number of hydrogen-bond acceptors (Lipinski definition) is 1. The topological polar surface area (TPSA) is 20.2 Å².